The first kappa shape index (κ1) is 10.6. The normalized spacial score (nSPS) is 41.9. The van der Waals surface area contributed by atoms with Crippen LogP contribution in [0, 0.1) is 17.8 Å². The Balaban J connectivity index is 1.63. The molecule has 0 spiro atoms. The molecule has 0 bridgehead atoms. The van der Waals surface area contributed by atoms with Crippen LogP contribution in [0.15, 0.2) is 0 Å². The fraction of sp³-hybridized carbons (Fsp3) is 0.923. The van der Waals surface area contributed by atoms with E-state index >= 15 is 0 Å². The number of carbonyl (C=O) groups is 1. The molecule has 0 aromatic rings. The Morgan fingerprint density at radius 2 is 1.94 bits per heavy atom. The number of hydrogen-bond acceptors (Lipinski definition) is 2. The van der Waals surface area contributed by atoms with Crippen molar-refractivity contribution >= 4 is 5.91 Å². The summed E-state index contributed by atoms with van der Waals surface area (Å²) in [5.41, 5.74) is 0. The van der Waals surface area contributed by atoms with Gasteiger partial charge in [0.25, 0.3) is 0 Å². The number of rotatable bonds is 2. The minimum atomic E-state index is 0.109. The average molecular weight is 223 g/mol. The van der Waals surface area contributed by atoms with Gasteiger partial charge in [-0.1, -0.05) is 0 Å². The van der Waals surface area contributed by atoms with Crippen molar-refractivity contribution in [3.63, 3.8) is 0 Å². The van der Waals surface area contributed by atoms with Crippen LogP contribution in [0.25, 0.3) is 0 Å². The fourth-order valence-corrected chi connectivity index (χ4v) is 3.63. The maximum Gasteiger partial charge on any atom is 0.226 e. The lowest BCUT2D eigenvalue weighted by Crippen LogP contribution is -2.47. The van der Waals surface area contributed by atoms with E-state index in [1.807, 2.05) is 4.90 Å². The predicted molar refractivity (Wildman–Crippen MR) is 60.8 cm³/mol. The third-order valence-corrected chi connectivity index (χ3v) is 4.71. The quantitative estimate of drug-likeness (QED) is 0.769. The number of fused-ring (bicyclic) bond motifs is 1. The Labute approximate surface area is 96.8 Å². The molecule has 0 aromatic heterocycles. The molecule has 16 heavy (non-hydrogen) atoms. The van der Waals surface area contributed by atoms with Crippen LogP contribution < -0.4 is 0 Å². The number of likely N-dealkylation sites (tertiary alicyclic amines) is 1. The summed E-state index contributed by atoms with van der Waals surface area (Å²) in [5, 5.41) is 9.32. The number of carbonyl (C=O) groups excluding carboxylic acids is 1. The van der Waals surface area contributed by atoms with Gasteiger partial charge in [0.05, 0.1) is 12.6 Å². The number of hydrogen-bond donors (Lipinski definition) is 1. The van der Waals surface area contributed by atoms with Crippen LogP contribution in [-0.4, -0.2) is 35.1 Å². The molecule has 90 valence electrons. The molecule has 3 nitrogen and oxygen atoms in total. The molecule has 1 saturated heterocycles. The lowest BCUT2D eigenvalue weighted by molar-refractivity contribution is -0.140. The van der Waals surface area contributed by atoms with E-state index in [0.717, 1.165) is 50.5 Å². The first-order valence-electron chi connectivity index (χ1n) is 6.71. The van der Waals surface area contributed by atoms with Crippen molar-refractivity contribution in [3.8, 4) is 0 Å². The largest absolute Gasteiger partial charge is 0.394 e. The van der Waals surface area contributed by atoms with Gasteiger partial charge in [0.15, 0.2) is 0 Å². The van der Waals surface area contributed by atoms with Crippen molar-refractivity contribution in [2.75, 3.05) is 13.2 Å². The van der Waals surface area contributed by atoms with E-state index in [1.54, 1.807) is 0 Å². The second-order valence-electron chi connectivity index (χ2n) is 5.79. The zero-order valence-electron chi connectivity index (χ0n) is 9.77. The van der Waals surface area contributed by atoms with E-state index in [-0.39, 0.29) is 18.6 Å². The van der Waals surface area contributed by atoms with Crippen LogP contribution in [-0.2, 0) is 4.79 Å². The van der Waals surface area contributed by atoms with Crippen molar-refractivity contribution in [3.05, 3.63) is 0 Å². The predicted octanol–water partition coefficient (Wildman–Crippen LogP) is 1.41. The summed E-state index contributed by atoms with van der Waals surface area (Å²) in [4.78, 5) is 14.3. The summed E-state index contributed by atoms with van der Waals surface area (Å²) >= 11 is 0. The minimum absolute atomic E-state index is 0.109. The smallest absolute Gasteiger partial charge is 0.226 e. The topological polar surface area (TPSA) is 40.5 Å². The molecule has 3 rings (SSSR count). The van der Waals surface area contributed by atoms with Crippen LogP contribution in [0.4, 0.5) is 0 Å². The highest BCUT2D eigenvalue weighted by molar-refractivity contribution is 5.80. The van der Waals surface area contributed by atoms with E-state index in [4.69, 9.17) is 0 Å². The lowest BCUT2D eigenvalue weighted by Gasteiger charge is -2.36. The number of nitrogens with zero attached hydrogens (tertiary/aromatic N) is 1. The number of aliphatic hydroxyl groups excluding tert-OH is 1. The van der Waals surface area contributed by atoms with Gasteiger partial charge in [-0.2, -0.15) is 0 Å². The summed E-state index contributed by atoms with van der Waals surface area (Å²) in [5.74, 6) is 2.36. The second-order valence-corrected chi connectivity index (χ2v) is 5.79. The third-order valence-electron chi connectivity index (χ3n) is 4.71. The molecule has 2 saturated carbocycles. The molecule has 2 aliphatic carbocycles. The highest BCUT2D eigenvalue weighted by atomic mass is 16.3. The van der Waals surface area contributed by atoms with E-state index < -0.39 is 0 Å². The number of amides is 1. The molecule has 3 atom stereocenters. The first-order chi connectivity index (χ1) is 7.79. The monoisotopic (exact) mass is 223 g/mol. The van der Waals surface area contributed by atoms with Gasteiger partial charge in [0.2, 0.25) is 5.91 Å². The SMILES string of the molecule is O=C(C1CC2CC2C1)N1CCCCC1CO. The van der Waals surface area contributed by atoms with Gasteiger partial charge in [-0.05, 0) is 50.4 Å². The summed E-state index contributed by atoms with van der Waals surface area (Å²) in [6.45, 7) is 1.02. The summed E-state index contributed by atoms with van der Waals surface area (Å²) in [6, 6.07) is 0.109. The van der Waals surface area contributed by atoms with Crippen molar-refractivity contribution in [1.82, 2.24) is 4.90 Å². The molecule has 3 aliphatic rings. The van der Waals surface area contributed by atoms with Crippen LogP contribution in [0.1, 0.15) is 38.5 Å². The second kappa shape index (κ2) is 4.02. The van der Waals surface area contributed by atoms with Crippen LogP contribution in [0.5, 0.6) is 0 Å². The Hall–Kier alpha value is -0.570. The van der Waals surface area contributed by atoms with Crippen molar-refractivity contribution in [1.29, 1.82) is 0 Å². The zero-order valence-corrected chi connectivity index (χ0v) is 9.77. The molecule has 1 aliphatic heterocycles. The molecule has 1 heterocycles. The molecule has 1 N–H and O–H groups in total. The fourth-order valence-electron chi connectivity index (χ4n) is 3.63. The molecule has 3 heteroatoms. The highest BCUT2D eigenvalue weighted by Gasteiger charge is 2.49. The van der Waals surface area contributed by atoms with Gasteiger partial charge in [0, 0.05) is 12.5 Å². The summed E-state index contributed by atoms with van der Waals surface area (Å²) in [6.07, 6.45) is 6.87. The van der Waals surface area contributed by atoms with Crippen molar-refractivity contribution < 1.29 is 9.90 Å². The summed E-state index contributed by atoms with van der Waals surface area (Å²) in [7, 11) is 0. The van der Waals surface area contributed by atoms with E-state index in [9.17, 15) is 9.90 Å². The van der Waals surface area contributed by atoms with Gasteiger partial charge in [-0.25, -0.2) is 0 Å². The van der Waals surface area contributed by atoms with Crippen molar-refractivity contribution in [2.45, 2.75) is 44.6 Å². The van der Waals surface area contributed by atoms with Gasteiger partial charge < -0.3 is 10.0 Å². The van der Waals surface area contributed by atoms with Crippen molar-refractivity contribution in [2.24, 2.45) is 17.8 Å². The first-order valence-corrected chi connectivity index (χ1v) is 6.71. The molecule has 1 amide bonds. The van der Waals surface area contributed by atoms with E-state index in [1.165, 1.54) is 6.42 Å². The molecular weight excluding hydrogens is 202 g/mol. The molecule has 0 radical (unpaired) electrons. The van der Waals surface area contributed by atoms with E-state index in [0.29, 0.717) is 5.91 Å². The molecule has 3 fully saturated rings. The maximum atomic E-state index is 12.4. The Kier molecular flexibility index (Phi) is 2.66. The Bertz CT molecular complexity index is 282. The van der Waals surface area contributed by atoms with Gasteiger partial charge in [-0.3, -0.25) is 4.79 Å². The molecule has 3 unspecified atom stereocenters. The van der Waals surface area contributed by atoms with Gasteiger partial charge >= 0.3 is 0 Å². The van der Waals surface area contributed by atoms with E-state index in [2.05, 4.69) is 0 Å². The third kappa shape index (κ3) is 1.75. The Morgan fingerprint density at radius 3 is 2.62 bits per heavy atom. The minimum Gasteiger partial charge on any atom is -0.394 e. The standard InChI is InChI=1S/C13H21NO2/c15-8-12-3-1-2-4-14(12)13(16)11-6-9-5-10(9)7-11/h9-12,15H,1-8H2. The summed E-state index contributed by atoms with van der Waals surface area (Å²) < 4.78 is 0. The molecular formula is C13H21NO2. The van der Waals surface area contributed by atoms with Crippen LogP contribution in [0.3, 0.4) is 0 Å². The highest BCUT2D eigenvalue weighted by Crippen LogP contribution is 2.54. The average Bonchev–Trinajstić information content (AvgIpc) is 2.95. The van der Waals surface area contributed by atoms with Crippen LogP contribution in [0.2, 0.25) is 0 Å². The maximum absolute atomic E-state index is 12.4. The van der Waals surface area contributed by atoms with Gasteiger partial charge in [0.1, 0.15) is 0 Å². The van der Waals surface area contributed by atoms with Crippen LogP contribution >= 0.6 is 0 Å². The lowest BCUT2D eigenvalue weighted by atomic mass is 9.97. The number of piperidine rings is 1. The molecule has 0 aromatic carbocycles. The Morgan fingerprint density at radius 1 is 1.19 bits per heavy atom. The van der Waals surface area contributed by atoms with Gasteiger partial charge in [-0.15, -0.1) is 0 Å². The zero-order chi connectivity index (χ0) is 11.1. The number of aliphatic hydroxyl groups is 1.